The number of nitrogens with two attached hydrogens (primary N) is 1. The van der Waals surface area contributed by atoms with E-state index in [9.17, 15) is 14.0 Å². The monoisotopic (exact) mass is 289 g/mol. The van der Waals surface area contributed by atoms with E-state index in [-0.39, 0.29) is 43.4 Å². The number of halogens is 2. The van der Waals surface area contributed by atoms with Gasteiger partial charge in [0.15, 0.2) is 0 Å². The molecule has 0 bridgehead atoms. The maximum Gasteiger partial charge on any atom is 0.306 e. The summed E-state index contributed by atoms with van der Waals surface area (Å²) in [4.78, 5) is 22.4. The second-order valence-corrected chi connectivity index (χ2v) is 3.93. The Labute approximate surface area is 117 Å². The van der Waals surface area contributed by atoms with Crippen LogP contribution in [-0.2, 0) is 14.3 Å². The van der Waals surface area contributed by atoms with Crippen molar-refractivity contribution in [3.63, 3.8) is 0 Å². The highest BCUT2D eigenvalue weighted by Crippen LogP contribution is 2.18. The smallest absolute Gasteiger partial charge is 0.306 e. The Morgan fingerprint density at radius 1 is 1.37 bits per heavy atom. The van der Waals surface area contributed by atoms with Crippen molar-refractivity contribution in [3.05, 3.63) is 35.6 Å². The predicted octanol–water partition coefficient (Wildman–Crippen LogP) is 2.16. The van der Waals surface area contributed by atoms with Crippen LogP contribution >= 0.6 is 12.4 Å². The molecule has 1 atom stereocenters. The third kappa shape index (κ3) is 6.31. The molecule has 0 saturated heterocycles. The zero-order valence-electron chi connectivity index (χ0n) is 10.6. The summed E-state index contributed by atoms with van der Waals surface area (Å²) < 4.78 is 18.1. The quantitative estimate of drug-likeness (QED) is 0.815. The maximum atomic E-state index is 13.0. The molecule has 0 radical (unpaired) electrons. The van der Waals surface area contributed by atoms with E-state index in [2.05, 4.69) is 0 Å². The van der Waals surface area contributed by atoms with Crippen LogP contribution in [0.15, 0.2) is 24.3 Å². The molecular formula is C13H17ClFNO3. The highest BCUT2D eigenvalue weighted by atomic mass is 35.5. The van der Waals surface area contributed by atoms with Crippen LogP contribution in [0.1, 0.15) is 31.4 Å². The van der Waals surface area contributed by atoms with Gasteiger partial charge < -0.3 is 10.5 Å². The largest absolute Gasteiger partial charge is 0.458 e. The summed E-state index contributed by atoms with van der Waals surface area (Å²) in [5, 5.41) is 0. The Hall–Kier alpha value is -1.46. The van der Waals surface area contributed by atoms with E-state index in [0.29, 0.717) is 5.56 Å². The number of ether oxygens (including phenoxy) is 1. The first-order chi connectivity index (χ1) is 8.52. The van der Waals surface area contributed by atoms with Gasteiger partial charge in [-0.15, -0.1) is 12.4 Å². The second-order valence-electron chi connectivity index (χ2n) is 3.93. The minimum atomic E-state index is -0.541. The van der Waals surface area contributed by atoms with Gasteiger partial charge in [0, 0.05) is 6.42 Å². The first kappa shape index (κ1) is 17.5. The summed E-state index contributed by atoms with van der Waals surface area (Å²) in [6.07, 6.45) is -0.470. The highest BCUT2D eigenvalue weighted by Gasteiger charge is 2.13. The molecular weight excluding hydrogens is 273 g/mol. The molecule has 1 aromatic rings. The van der Waals surface area contributed by atoms with Gasteiger partial charge in [-0.2, -0.15) is 0 Å². The number of Topliss-reactive ketones (excluding diaryl/α,β-unsaturated/α-hetero) is 1. The molecule has 0 amide bonds. The number of carbonyl (C=O) groups excluding carboxylic acids is 2. The summed E-state index contributed by atoms with van der Waals surface area (Å²) in [6.45, 7) is 1.57. The Morgan fingerprint density at radius 3 is 2.63 bits per heavy atom. The number of rotatable bonds is 6. The lowest BCUT2D eigenvalue weighted by atomic mass is 10.1. The van der Waals surface area contributed by atoms with Crippen LogP contribution in [0.3, 0.4) is 0 Å². The van der Waals surface area contributed by atoms with E-state index in [0.717, 1.165) is 0 Å². The molecule has 0 aliphatic carbocycles. The van der Waals surface area contributed by atoms with Crippen LogP contribution < -0.4 is 5.73 Å². The zero-order valence-corrected chi connectivity index (χ0v) is 11.4. The van der Waals surface area contributed by atoms with Crippen molar-refractivity contribution in [1.82, 2.24) is 0 Å². The normalized spacial score (nSPS) is 11.3. The molecule has 2 N–H and O–H groups in total. The van der Waals surface area contributed by atoms with Crippen LogP contribution in [0.5, 0.6) is 0 Å². The molecule has 1 unspecified atom stereocenters. The summed E-state index contributed by atoms with van der Waals surface area (Å²) in [5.41, 5.74) is 5.70. The molecule has 106 valence electrons. The Morgan fingerprint density at radius 2 is 2.05 bits per heavy atom. The van der Waals surface area contributed by atoms with E-state index in [1.165, 1.54) is 12.1 Å². The fourth-order valence-electron chi connectivity index (χ4n) is 1.43. The molecule has 1 aromatic carbocycles. The Kier molecular flexibility index (Phi) is 7.95. The number of esters is 1. The van der Waals surface area contributed by atoms with Crippen LogP contribution in [0, 0.1) is 5.82 Å². The van der Waals surface area contributed by atoms with E-state index in [1.54, 1.807) is 19.1 Å². The molecule has 0 aliphatic rings. The standard InChI is InChI=1S/C13H16FNO3.ClH/c1-9(10-3-2-4-11(14)7-10)18-13(17)6-5-12(16)8-15;/h2-4,7,9H,5-6,8,15H2,1H3;1H. The minimum absolute atomic E-state index is 0. The molecule has 0 aromatic heterocycles. The molecule has 4 nitrogen and oxygen atoms in total. The topological polar surface area (TPSA) is 69.4 Å². The van der Waals surface area contributed by atoms with Gasteiger partial charge in [0.1, 0.15) is 17.7 Å². The zero-order chi connectivity index (χ0) is 13.5. The van der Waals surface area contributed by atoms with Gasteiger partial charge in [0.05, 0.1) is 13.0 Å². The van der Waals surface area contributed by atoms with Crippen molar-refractivity contribution in [1.29, 1.82) is 0 Å². The third-order valence-electron chi connectivity index (χ3n) is 2.46. The van der Waals surface area contributed by atoms with Crippen LogP contribution in [0.4, 0.5) is 4.39 Å². The minimum Gasteiger partial charge on any atom is -0.458 e. The second kappa shape index (κ2) is 8.61. The molecule has 6 heteroatoms. The van der Waals surface area contributed by atoms with E-state index in [1.807, 2.05) is 0 Å². The average molecular weight is 290 g/mol. The number of benzene rings is 1. The lowest BCUT2D eigenvalue weighted by molar-refractivity contribution is -0.149. The molecule has 1 rings (SSSR count). The summed E-state index contributed by atoms with van der Waals surface area (Å²) in [7, 11) is 0. The number of hydrogen-bond donors (Lipinski definition) is 1. The van der Waals surface area contributed by atoms with Crippen LogP contribution in [0.2, 0.25) is 0 Å². The van der Waals surface area contributed by atoms with Gasteiger partial charge in [-0.3, -0.25) is 9.59 Å². The molecule has 0 heterocycles. The van der Waals surface area contributed by atoms with Gasteiger partial charge in [-0.1, -0.05) is 12.1 Å². The summed E-state index contributed by atoms with van der Waals surface area (Å²) >= 11 is 0. The van der Waals surface area contributed by atoms with Crippen LogP contribution in [0.25, 0.3) is 0 Å². The summed E-state index contributed by atoms with van der Waals surface area (Å²) in [6, 6.07) is 5.85. The average Bonchev–Trinajstić information content (AvgIpc) is 2.35. The van der Waals surface area contributed by atoms with Crippen molar-refractivity contribution < 1.29 is 18.7 Å². The first-order valence-electron chi connectivity index (χ1n) is 5.69. The third-order valence-corrected chi connectivity index (χ3v) is 2.46. The Balaban J connectivity index is 0.00000324. The molecule has 0 aliphatic heterocycles. The van der Waals surface area contributed by atoms with Crippen molar-refractivity contribution in [3.8, 4) is 0 Å². The van der Waals surface area contributed by atoms with Gasteiger partial charge in [0.25, 0.3) is 0 Å². The molecule has 0 fully saturated rings. The first-order valence-corrected chi connectivity index (χ1v) is 5.69. The van der Waals surface area contributed by atoms with Gasteiger partial charge in [0.2, 0.25) is 0 Å². The van der Waals surface area contributed by atoms with E-state index >= 15 is 0 Å². The lowest BCUT2D eigenvalue weighted by Gasteiger charge is -2.13. The molecule has 0 spiro atoms. The molecule has 19 heavy (non-hydrogen) atoms. The van der Waals surface area contributed by atoms with Crippen molar-refractivity contribution in [2.75, 3.05) is 6.54 Å². The number of hydrogen-bond acceptors (Lipinski definition) is 4. The highest BCUT2D eigenvalue weighted by molar-refractivity contribution is 5.85. The number of carbonyl (C=O) groups is 2. The fourth-order valence-corrected chi connectivity index (χ4v) is 1.43. The number of ketones is 1. The van der Waals surface area contributed by atoms with Crippen molar-refractivity contribution >= 4 is 24.2 Å². The van der Waals surface area contributed by atoms with Crippen molar-refractivity contribution in [2.45, 2.75) is 25.9 Å². The Bertz CT molecular complexity index is 440. The lowest BCUT2D eigenvalue weighted by Crippen LogP contribution is -2.16. The van der Waals surface area contributed by atoms with E-state index in [4.69, 9.17) is 10.5 Å². The maximum absolute atomic E-state index is 13.0. The van der Waals surface area contributed by atoms with Gasteiger partial charge >= 0.3 is 5.97 Å². The van der Waals surface area contributed by atoms with Gasteiger partial charge in [-0.05, 0) is 24.6 Å². The molecule has 0 saturated carbocycles. The fraction of sp³-hybridized carbons (Fsp3) is 0.385. The summed E-state index contributed by atoms with van der Waals surface area (Å²) in [5.74, 6) is -1.06. The predicted molar refractivity (Wildman–Crippen MR) is 71.5 cm³/mol. The van der Waals surface area contributed by atoms with Crippen LogP contribution in [-0.4, -0.2) is 18.3 Å². The van der Waals surface area contributed by atoms with Crippen molar-refractivity contribution in [2.24, 2.45) is 5.73 Å². The van der Waals surface area contributed by atoms with E-state index < -0.39 is 12.1 Å². The SMILES string of the molecule is CC(OC(=O)CCC(=O)CN)c1cccc(F)c1.Cl. The van der Waals surface area contributed by atoms with Gasteiger partial charge in [-0.25, -0.2) is 4.39 Å².